The minimum Gasteiger partial charge on any atom is -0.478 e. The SMILES string of the molecule is Cc1cc(C(=O)O)cnc1N1CCNC(=O)C1C. The molecule has 1 aliphatic rings. The predicted molar refractivity (Wildman–Crippen MR) is 65.8 cm³/mol. The van der Waals surface area contributed by atoms with Crippen LogP contribution in [0, 0.1) is 6.92 Å². The third-order valence-electron chi connectivity index (χ3n) is 3.07. The number of aryl methyl sites for hydroxylation is 1. The normalized spacial score (nSPS) is 19.6. The Morgan fingerprint density at radius 2 is 2.33 bits per heavy atom. The van der Waals surface area contributed by atoms with E-state index in [0.717, 1.165) is 5.56 Å². The molecule has 0 aromatic carbocycles. The largest absolute Gasteiger partial charge is 0.478 e. The van der Waals surface area contributed by atoms with Gasteiger partial charge in [-0.1, -0.05) is 0 Å². The lowest BCUT2D eigenvalue weighted by Crippen LogP contribution is -2.54. The van der Waals surface area contributed by atoms with Crippen LogP contribution in [0.25, 0.3) is 0 Å². The zero-order valence-electron chi connectivity index (χ0n) is 10.3. The molecule has 0 spiro atoms. The lowest BCUT2D eigenvalue weighted by molar-refractivity contribution is -0.122. The first-order valence-electron chi connectivity index (χ1n) is 5.75. The summed E-state index contributed by atoms with van der Waals surface area (Å²) in [6, 6.07) is 1.28. The summed E-state index contributed by atoms with van der Waals surface area (Å²) < 4.78 is 0. The molecular formula is C12H15N3O3. The Morgan fingerprint density at radius 1 is 1.61 bits per heavy atom. The average Bonchev–Trinajstić information content (AvgIpc) is 2.33. The number of carbonyl (C=O) groups is 2. The maximum absolute atomic E-state index is 11.6. The van der Waals surface area contributed by atoms with Crippen molar-refractivity contribution in [1.29, 1.82) is 0 Å². The summed E-state index contributed by atoms with van der Waals surface area (Å²) in [6.45, 7) is 4.85. The van der Waals surface area contributed by atoms with Crippen LogP contribution in [0.4, 0.5) is 5.82 Å². The van der Waals surface area contributed by atoms with Crippen LogP contribution >= 0.6 is 0 Å². The number of aromatic carboxylic acids is 1. The second kappa shape index (κ2) is 4.64. The number of carboxylic acid groups (broad SMARTS) is 1. The van der Waals surface area contributed by atoms with Gasteiger partial charge in [-0.05, 0) is 25.5 Å². The van der Waals surface area contributed by atoms with Crippen LogP contribution in [0.1, 0.15) is 22.8 Å². The van der Waals surface area contributed by atoms with Gasteiger partial charge in [0.15, 0.2) is 0 Å². The van der Waals surface area contributed by atoms with E-state index in [9.17, 15) is 9.59 Å². The lowest BCUT2D eigenvalue weighted by atomic mass is 10.1. The molecule has 96 valence electrons. The standard InChI is InChI=1S/C12H15N3O3/c1-7-5-9(12(17)18)6-14-10(7)15-4-3-13-11(16)8(15)2/h5-6,8H,3-4H2,1-2H3,(H,13,16)(H,17,18). The van der Waals surface area contributed by atoms with Gasteiger partial charge in [0.2, 0.25) is 5.91 Å². The molecule has 0 saturated carbocycles. The van der Waals surface area contributed by atoms with Gasteiger partial charge in [0.1, 0.15) is 11.9 Å². The first-order chi connectivity index (χ1) is 8.50. The van der Waals surface area contributed by atoms with Crippen LogP contribution in [0.5, 0.6) is 0 Å². The molecule has 0 radical (unpaired) electrons. The highest BCUT2D eigenvalue weighted by atomic mass is 16.4. The Morgan fingerprint density at radius 3 is 2.94 bits per heavy atom. The van der Waals surface area contributed by atoms with Crippen molar-refractivity contribution in [3.8, 4) is 0 Å². The average molecular weight is 249 g/mol. The second-order valence-corrected chi connectivity index (χ2v) is 4.33. The van der Waals surface area contributed by atoms with E-state index in [0.29, 0.717) is 18.9 Å². The van der Waals surface area contributed by atoms with Gasteiger partial charge in [-0.15, -0.1) is 0 Å². The summed E-state index contributed by atoms with van der Waals surface area (Å²) in [5, 5.41) is 11.7. The van der Waals surface area contributed by atoms with Gasteiger partial charge in [0.25, 0.3) is 0 Å². The Labute approximate surface area is 105 Å². The minimum absolute atomic E-state index is 0.0373. The number of carboxylic acids is 1. The number of rotatable bonds is 2. The smallest absolute Gasteiger partial charge is 0.337 e. The van der Waals surface area contributed by atoms with Gasteiger partial charge in [0.05, 0.1) is 5.56 Å². The summed E-state index contributed by atoms with van der Waals surface area (Å²) >= 11 is 0. The molecule has 2 heterocycles. The van der Waals surface area contributed by atoms with E-state index < -0.39 is 5.97 Å². The number of pyridine rings is 1. The van der Waals surface area contributed by atoms with Crippen molar-refractivity contribution in [2.45, 2.75) is 19.9 Å². The number of aromatic nitrogens is 1. The maximum atomic E-state index is 11.6. The second-order valence-electron chi connectivity index (χ2n) is 4.33. The number of piperazine rings is 1. The summed E-state index contributed by atoms with van der Waals surface area (Å²) in [6.07, 6.45) is 1.32. The van der Waals surface area contributed by atoms with Crippen LogP contribution in [0.2, 0.25) is 0 Å². The van der Waals surface area contributed by atoms with Crippen LogP contribution in [-0.4, -0.2) is 41.1 Å². The molecule has 0 bridgehead atoms. The summed E-state index contributed by atoms with van der Waals surface area (Å²) in [5.41, 5.74) is 0.918. The van der Waals surface area contributed by atoms with Crippen molar-refractivity contribution >= 4 is 17.7 Å². The Kier molecular flexibility index (Phi) is 3.18. The van der Waals surface area contributed by atoms with E-state index in [2.05, 4.69) is 10.3 Å². The van der Waals surface area contributed by atoms with Gasteiger partial charge < -0.3 is 15.3 Å². The molecule has 1 fully saturated rings. The van der Waals surface area contributed by atoms with Crippen LogP contribution < -0.4 is 10.2 Å². The highest BCUT2D eigenvalue weighted by Gasteiger charge is 2.27. The number of amides is 1. The summed E-state index contributed by atoms with van der Waals surface area (Å²) in [4.78, 5) is 28.5. The van der Waals surface area contributed by atoms with E-state index in [1.54, 1.807) is 19.9 Å². The fraction of sp³-hybridized carbons (Fsp3) is 0.417. The molecule has 0 aliphatic carbocycles. The Hall–Kier alpha value is -2.11. The first-order valence-corrected chi connectivity index (χ1v) is 5.75. The topological polar surface area (TPSA) is 82.5 Å². The van der Waals surface area contributed by atoms with Crippen molar-refractivity contribution in [2.75, 3.05) is 18.0 Å². The monoisotopic (exact) mass is 249 g/mol. The molecule has 6 heteroatoms. The number of nitrogens with one attached hydrogen (secondary N) is 1. The van der Waals surface area contributed by atoms with Crippen molar-refractivity contribution in [3.05, 3.63) is 23.4 Å². The van der Waals surface area contributed by atoms with Gasteiger partial charge in [0, 0.05) is 19.3 Å². The van der Waals surface area contributed by atoms with Crippen molar-refractivity contribution in [1.82, 2.24) is 10.3 Å². The fourth-order valence-corrected chi connectivity index (χ4v) is 2.06. The predicted octanol–water partition coefficient (Wildman–Crippen LogP) is 0.413. The summed E-state index contributed by atoms with van der Waals surface area (Å²) in [7, 11) is 0. The van der Waals surface area contributed by atoms with Gasteiger partial charge in [-0.25, -0.2) is 9.78 Å². The van der Waals surface area contributed by atoms with Crippen LogP contribution in [-0.2, 0) is 4.79 Å². The Balaban J connectivity index is 2.33. The molecule has 1 saturated heterocycles. The molecule has 1 atom stereocenters. The quantitative estimate of drug-likeness (QED) is 0.793. The maximum Gasteiger partial charge on any atom is 0.337 e. The van der Waals surface area contributed by atoms with Gasteiger partial charge >= 0.3 is 5.97 Å². The summed E-state index contributed by atoms with van der Waals surface area (Å²) in [5.74, 6) is -0.367. The number of carbonyl (C=O) groups excluding carboxylic acids is 1. The Bertz CT molecular complexity index is 501. The zero-order chi connectivity index (χ0) is 13.3. The molecule has 2 rings (SSSR count). The minimum atomic E-state index is -0.999. The molecule has 1 aromatic rings. The number of anilines is 1. The van der Waals surface area contributed by atoms with Gasteiger partial charge in [-0.3, -0.25) is 4.79 Å². The molecule has 18 heavy (non-hydrogen) atoms. The van der Waals surface area contributed by atoms with E-state index >= 15 is 0 Å². The molecule has 1 aromatic heterocycles. The third kappa shape index (κ3) is 2.13. The fourth-order valence-electron chi connectivity index (χ4n) is 2.06. The van der Waals surface area contributed by atoms with E-state index in [4.69, 9.17) is 5.11 Å². The number of hydrogen-bond acceptors (Lipinski definition) is 4. The highest BCUT2D eigenvalue weighted by molar-refractivity contribution is 5.89. The number of nitrogens with zero attached hydrogens (tertiary/aromatic N) is 2. The van der Waals surface area contributed by atoms with Crippen LogP contribution in [0.3, 0.4) is 0 Å². The van der Waals surface area contributed by atoms with E-state index in [-0.39, 0.29) is 17.5 Å². The van der Waals surface area contributed by atoms with E-state index in [1.165, 1.54) is 6.20 Å². The molecule has 1 amide bonds. The zero-order valence-corrected chi connectivity index (χ0v) is 10.3. The van der Waals surface area contributed by atoms with Crippen LogP contribution in [0.15, 0.2) is 12.3 Å². The van der Waals surface area contributed by atoms with Crippen molar-refractivity contribution in [2.24, 2.45) is 0 Å². The third-order valence-corrected chi connectivity index (χ3v) is 3.07. The highest BCUT2D eigenvalue weighted by Crippen LogP contribution is 2.21. The lowest BCUT2D eigenvalue weighted by Gasteiger charge is -2.34. The van der Waals surface area contributed by atoms with Crippen molar-refractivity contribution < 1.29 is 14.7 Å². The molecular weight excluding hydrogens is 234 g/mol. The molecule has 1 unspecified atom stereocenters. The molecule has 2 N–H and O–H groups in total. The first kappa shape index (κ1) is 12.3. The van der Waals surface area contributed by atoms with Gasteiger partial charge in [-0.2, -0.15) is 0 Å². The molecule has 6 nitrogen and oxygen atoms in total. The number of hydrogen-bond donors (Lipinski definition) is 2. The van der Waals surface area contributed by atoms with Crippen molar-refractivity contribution in [3.63, 3.8) is 0 Å². The molecule has 1 aliphatic heterocycles. The van der Waals surface area contributed by atoms with E-state index in [1.807, 2.05) is 4.90 Å².